The van der Waals surface area contributed by atoms with Crippen molar-refractivity contribution in [2.75, 3.05) is 13.1 Å². The molecule has 19 heavy (non-hydrogen) atoms. The summed E-state index contributed by atoms with van der Waals surface area (Å²) < 4.78 is 0. The van der Waals surface area contributed by atoms with Gasteiger partial charge in [-0.05, 0) is 23.8 Å². The minimum absolute atomic E-state index is 0.0241. The Kier molecular flexibility index (Phi) is 6.52. The second-order valence-electron chi connectivity index (χ2n) is 4.67. The Morgan fingerprint density at radius 1 is 1.37 bits per heavy atom. The summed E-state index contributed by atoms with van der Waals surface area (Å²) in [5, 5.41) is 7.30. The van der Waals surface area contributed by atoms with Gasteiger partial charge in [0.1, 0.15) is 0 Å². The van der Waals surface area contributed by atoms with E-state index in [0.717, 1.165) is 6.42 Å². The van der Waals surface area contributed by atoms with Crippen molar-refractivity contribution in [3.63, 3.8) is 0 Å². The van der Waals surface area contributed by atoms with Gasteiger partial charge in [0.15, 0.2) is 0 Å². The minimum Gasteiger partial charge on any atom is -0.354 e. The van der Waals surface area contributed by atoms with Crippen LogP contribution < -0.4 is 16.4 Å². The Balaban J connectivity index is 2.16. The number of carbonyl (C=O) groups is 2. The lowest BCUT2D eigenvalue weighted by atomic mass is 10.1. The standard InChI is InChI=1S/C13H21N3O2S/c1-9(2)12(14)13(18)16-8-11(17)15-6-5-10-4-3-7-19-10/h3-4,7,9,12H,5-6,8,14H2,1-2H3,(H,15,17)(H,16,18)/t12-/m0/s1. The van der Waals surface area contributed by atoms with Gasteiger partial charge in [0.25, 0.3) is 0 Å². The molecule has 0 bridgehead atoms. The summed E-state index contributed by atoms with van der Waals surface area (Å²) in [7, 11) is 0. The van der Waals surface area contributed by atoms with Crippen molar-refractivity contribution >= 4 is 23.2 Å². The molecule has 1 atom stereocenters. The molecule has 0 unspecified atom stereocenters. The first-order chi connectivity index (χ1) is 9.00. The number of hydrogen-bond acceptors (Lipinski definition) is 4. The van der Waals surface area contributed by atoms with Crippen LogP contribution in [0.3, 0.4) is 0 Å². The van der Waals surface area contributed by atoms with Crippen LogP contribution in [0.25, 0.3) is 0 Å². The molecule has 6 heteroatoms. The number of amides is 2. The number of thiophene rings is 1. The SMILES string of the molecule is CC(C)[C@H](N)C(=O)NCC(=O)NCCc1cccs1. The summed E-state index contributed by atoms with van der Waals surface area (Å²) in [4.78, 5) is 24.3. The van der Waals surface area contributed by atoms with Crippen molar-refractivity contribution in [2.45, 2.75) is 26.3 Å². The highest BCUT2D eigenvalue weighted by Gasteiger charge is 2.17. The van der Waals surface area contributed by atoms with E-state index in [0.29, 0.717) is 6.54 Å². The molecule has 5 nitrogen and oxygen atoms in total. The first-order valence-corrected chi connectivity index (χ1v) is 7.21. The van der Waals surface area contributed by atoms with E-state index in [9.17, 15) is 9.59 Å². The molecule has 4 N–H and O–H groups in total. The first kappa shape index (κ1) is 15.7. The summed E-state index contributed by atoms with van der Waals surface area (Å²) in [6.45, 7) is 4.28. The minimum atomic E-state index is -0.570. The lowest BCUT2D eigenvalue weighted by Crippen LogP contribution is -2.47. The van der Waals surface area contributed by atoms with Crippen molar-refractivity contribution < 1.29 is 9.59 Å². The summed E-state index contributed by atoms with van der Waals surface area (Å²) in [6, 6.07) is 3.44. The molecule has 2 amide bonds. The molecule has 0 radical (unpaired) electrons. The zero-order chi connectivity index (χ0) is 14.3. The predicted octanol–water partition coefficient (Wildman–Crippen LogP) is 0.506. The average Bonchev–Trinajstić information content (AvgIpc) is 2.88. The largest absolute Gasteiger partial charge is 0.354 e. The van der Waals surface area contributed by atoms with E-state index in [4.69, 9.17) is 5.73 Å². The zero-order valence-corrected chi connectivity index (χ0v) is 12.1. The van der Waals surface area contributed by atoms with Gasteiger partial charge in [-0.15, -0.1) is 11.3 Å². The molecule has 0 aliphatic carbocycles. The lowest BCUT2D eigenvalue weighted by molar-refractivity contribution is -0.127. The summed E-state index contributed by atoms with van der Waals surface area (Å²) >= 11 is 1.66. The highest BCUT2D eigenvalue weighted by atomic mass is 32.1. The third-order valence-electron chi connectivity index (χ3n) is 2.72. The molecular weight excluding hydrogens is 262 g/mol. The smallest absolute Gasteiger partial charge is 0.239 e. The lowest BCUT2D eigenvalue weighted by Gasteiger charge is -2.15. The van der Waals surface area contributed by atoms with Crippen LogP contribution in [0.15, 0.2) is 17.5 Å². The third-order valence-corrected chi connectivity index (χ3v) is 3.65. The summed E-state index contributed by atoms with van der Waals surface area (Å²) in [5.41, 5.74) is 5.67. The number of hydrogen-bond donors (Lipinski definition) is 3. The molecule has 0 fully saturated rings. The van der Waals surface area contributed by atoms with E-state index in [1.807, 2.05) is 31.4 Å². The Morgan fingerprint density at radius 3 is 2.68 bits per heavy atom. The van der Waals surface area contributed by atoms with Gasteiger partial charge in [0.2, 0.25) is 11.8 Å². The zero-order valence-electron chi connectivity index (χ0n) is 11.3. The normalized spacial score (nSPS) is 12.2. The maximum Gasteiger partial charge on any atom is 0.239 e. The van der Waals surface area contributed by atoms with E-state index in [1.165, 1.54) is 4.88 Å². The monoisotopic (exact) mass is 283 g/mol. The van der Waals surface area contributed by atoms with E-state index < -0.39 is 6.04 Å². The fraction of sp³-hybridized carbons (Fsp3) is 0.538. The molecule has 0 aliphatic heterocycles. The average molecular weight is 283 g/mol. The molecule has 0 aromatic carbocycles. The summed E-state index contributed by atoms with van der Waals surface area (Å²) in [5.74, 6) is -0.425. The van der Waals surface area contributed by atoms with Crippen molar-refractivity contribution in [1.82, 2.24) is 10.6 Å². The van der Waals surface area contributed by atoms with Crippen molar-refractivity contribution in [1.29, 1.82) is 0 Å². The van der Waals surface area contributed by atoms with Gasteiger partial charge in [-0.3, -0.25) is 9.59 Å². The van der Waals surface area contributed by atoms with Crippen LogP contribution in [-0.2, 0) is 16.0 Å². The Labute approximate surface area is 117 Å². The topological polar surface area (TPSA) is 84.2 Å². The number of nitrogens with one attached hydrogen (secondary N) is 2. The Hall–Kier alpha value is -1.40. The second kappa shape index (κ2) is 7.91. The van der Waals surface area contributed by atoms with Gasteiger partial charge >= 0.3 is 0 Å². The fourth-order valence-corrected chi connectivity index (χ4v) is 2.14. The molecule has 0 aliphatic rings. The van der Waals surface area contributed by atoms with Gasteiger partial charge in [-0.25, -0.2) is 0 Å². The van der Waals surface area contributed by atoms with Crippen molar-refractivity contribution in [3.05, 3.63) is 22.4 Å². The van der Waals surface area contributed by atoms with Crippen molar-refractivity contribution in [3.8, 4) is 0 Å². The van der Waals surface area contributed by atoms with Gasteiger partial charge in [0, 0.05) is 11.4 Å². The molecule has 1 aromatic rings. The number of rotatable bonds is 7. The van der Waals surface area contributed by atoms with E-state index in [2.05, 4.69) is 10.6 Å². The van der Waals surface area contributed by atoms with Gasteiger partial charge in [0.05, 0.1) is 12.6 Å². The summed E-state index contributed by atoms with van der Waals surface area (Å²) in [6.07, 6.45) is 0.808. The fourth-order valence-electron chi connectivity index (χ4n) is 1.43. The molecular formula is C13H21N3O2S. The van der Waals surface area contributed by atoms with Gasteiger partial charge < -0.3 is 16.4 Å². The molecule has 0 saturated heterocycles. The Bertz CT molecular complexity index is 404. The van der Waals surface area contributed by atoms with Crippen LogP contribution in [0.2, 0.25) is 0 Å². The highest BCUT2D eigenvalue weighted by Crippen LogP contribution is 2.07. The third kappa shape index (κ3) is 5.85. The molecule has 0 spiro atoms. The van der Waals surface area contributed by atoms with Gasteiger partial charge in [-0.2, -0.15) is 0 Å². The Morgan fingerprint density at radius 2 is 2.11 bits per heavy atom. The number of nitrogens with two attached hydrogens (primary N) is 1. The number of carbonyl (C=O) groups excluding carboxylic acids is 2. The van der Waals surface area contributed by atoms with Crippen molar-refractivity contribution in [2.24, 2.45) is 11.7 Å². The van der Waals surface area contributed by atoms with Crippen LogP contribution in [0.5, 0.6) is 0 Å². The second-order valence-corrected chi connectivity index (χ2v) is 5.70. The van der Waals surface area contributed by atoms with E-state index >= 15 is 0 Å². The molecule has 0 saturated carbocycles. The molecule has 1 rings (SSSR count). The molecule has 106 valence electrons. The predicted molar refractivity (Wildman–Crippen MR) is 76.9 cm³/mol. The van der Waals surface area contributed by atoms with Crippen LogP contribution in [0.1, 0.15) is 18.7 Å². The van der Waals surface area contributed by atoms with Crippen LogP contribution in [0.4, 0.5) is 0 Å². The van der Waals surface area contributed by atoms with Gasteiger partial charge in [-0.1, -0.05) is 19.9 Å². The van der Waals surface area contributed by atoms with Crippen LogP contribution in [-0.4, -0.2) is 30.9 Å². The maximum atomic E-state index is 11.5. The highest BCUT2D eigenvalue weighted by molar-refractivity contribution is 7.09. The van der Waals surface area contributed by atoms with E-state index in [-0.39, 0.29) is 24.3 Å². The quantitative estimate of drug-likeness (QED) is 0.681. The van der Waals surface area contributed by atoms with Crippen LogP contribution >= 0.6 is 11.3 Å². The maximum absolute atomic E-state index is 11.5. The molecule has 1 aromatic heterocycles. The molecule has 1 heterocycles. The first-order valence-electron chi connectivity index (χ1n) is 6.33. The van der Waals surface area contributed by atoms with E-state index in [1.54, 1.807) is 11.3 Å². The van der Waals surface area contributed by atoms with Crippen LogP contribution in [0, 0.1) is 5.92 Å².